The van der Waals surface area contributed by atoms with Gasteiger partial charge in [-0.2, -0.15) is 5.26 Å². The first kappa shape index (κ1) is 28.8. The molecule has 1 aliphatic rings. The molecule has 11 heteroatoms. The normalized spacial score (nSPS) is 15.0. The van der Waals surface area contributed by atoms with E-state index in [4.69, 9.17) is 19.5 Å². The molecule has 0 saturated heterocycles. The third kappa shape index (κ3) is 6.03. The maximum Gasteiger partial charge on any atom is 0.338 e. The Morgan fingerprint density at radius 1 is 1.28 bits per heavy atom. The van der Waals surface area contributed by atoms with Crippen LogP contribution in [-0.4, -0.2) is 29.9 Å². The number of fused-ring (bicyclic) bond motifs is 1. The summed E-state index contributed by atoms with van der Waals surface area (Å²) in [6.45, 7) is 7.32. The molecule has 2 heterocycles. The molecule has 0 fully saturated rings. The van der Waals surface area contributed by atoms with Gasteiger partial charge in [0.05, 0.1) is 33.0 Å². The molecule has 1 atom stereocenters. The first-order valence-corrected chi connectivity index (χ1v) is 14.5. The number of benzene rings is 2. The van der Waals surface area contributed by atoms with Crippen LogP contribution in [0.15, 0.2) is 66.4 Å². The summed E-state index contributed by atoms with van der Waals surface area (Å²) in [6, 6.07) is 12.1. The Kier molecular flexibility index (Phi) is 9.10. The maximum atomic E-state index is 14.0. The van der Waals surface area contributed by atoms with Crippen LogP contribution < -0.4 is 24.4 Å². The van der Waals surface area contributed by atoms with Crippen LogP contribution in [-0.2, 0) is 9.53 Å². The van der Waals surface area contributed by atoms with Crippen LogP contribution in [0.5, 0.6) is 11.5 Å². The molecule has 0 unspecified atom stereocenters. The van der Waals surface area contributed by atoms with Crippen molar-refractivity contribution in [2.24, 2.45) is 4.99 Å². The summed E-state index contributed by atoms with van der Waals surface area (Å²) < 4.78 is 20.4. The summed E-state index contributed by atoms with van der Waals surface area (Å²) in [5, 5.41) is 9.03. The van der Waals surface area contributed by atoms with E-state index >= 15 is 0 Å². The van der Waals surface area contributed by atoms with Gasteiger partial charge in [0.1, 0.15) is 23.6 Å². The molecule has 2 aromatic carbocycles. The number of ether oxygens (including phenoxy) is 3. The lowest BCUT2D eigenvalue weighted by Gasteiger charge is -2.26. The smallest absolute Gasteiger partial charge is 0.338 e. The standard InChI is InChI=1S/C28H25Br2N3O5S/c1-5-36-27(35)23-16(4)32-28-33(24(23)19-8-6-7-9-21(19)38-15(2)3)26(34)22(39-28)13-17-12-18(29)14-20(30)25(17)37-11-10-31/h6-9,12-15,24H,5,11H2,1-4H3/b22-13-/t24-/m1/s1. The summed E-state index contributed by atoms with van der Waals surface area (Å²) in [5.41, 5.74) is 1.66. The fourth-order valence-corrected chi connectivity index (χ4v) is 6.65. The van der Waals surface area contributed by atoms with E-state index in [1.807, 2.05) is 44.2 Å². The molecule has 0 N–H and O–H groups in total. The minimum atomic E-state index is -0.805. The van der Waals surface area contributed by atoms with Gasteiger partial charge in [-0.3, -0.25) is 9.36 Å². The van der Waals surface area contributed by atoms with E-state index in [-0.39, 0.29) is 30.5 Å². The minimum absolute atomic E-state index is 0.125. The lowest BCUT2D eigenvalue weighted by atomic mass is 9.95. The topological polar surface area (TPSA) is 103 Å². The zero-order valence-corrected chi connectivity index (χ0v) is 25.6. The van der Waals surface area contributed by atoms with Crippen molar-refractivity contribution in [1.29, 1.82) is 5.26 Å². The fourth-order valence-electron chi connectivity index (χ4n) is 4.24. The Balaban J connectivity index is 2.00. The number of para-hydroxylation sites is 1. The number of esters is 1. The van der Waals surface area contributed by atoms with Gasteiger partial charge in [0.25, 0.3) is 5.56 Å². The molecule has 3 aromatic rings. The molecular formula is C28H25Br2N3O5S. The number of thiazole rings is 1. The van der Waals surface area contributed by atoms with Crippen LogP contribution in [0, 0.1) is 11.3 Å². The van der Waals surface area contributed by atoms with Gasteiger partial charge in [-0.25, -0.2) is 9.79 Å². The number of allylic oxidation sites excluding steroid dienone is 1. The molecule has 0 saturated carbocycles. The third-order valence-corrected chi connectivity index (χ3v) is 7.73. The van der Waals surface area contributed by atoms with Crippen molar-refractivity contribution < 1.29 is 19.0 Å². The number of nitrogens with zero attached hydrogens (tertiary/aromatic N) is 3. The number of carbonyl (C=O) groups excluding carboxylic acids is 1. The molecule has 39 heavy (non-hydrogen) atoms. The van der Waals surface area contributed by atoms with E-state index < -0.39 is 12.0 Å². The van der Waals surface area contributed by atoms with Gasteiger partial charge in [-0.15, -0.1) is 0 Å². The Bertz CT molecular complexity index is 1680. The Hall–Kier alpha value is -3.20. The highest BCUT2D eigenvalue weighted by Gasteiger charge is 2.35. The number of carbonyl (C=O) groups is 1. The van der Waals surface area contributed by atoms with Gasteiger partial charge >= 0.3 is 5.97 Å². The van der Waals surface area contributed by atoms with Crippen LogP contribution in [0.3, 0.4) is 0 Å². The highest BCUT2D eigenvalue weighted by Crippen LogP contribution is 2.37. The number of rotatable bonds is 8. The number of hydrogen-bond donors (Lipinski definition) is 0. The van der Waals surface area contributed by atoms with Crippen molar-refractivity contribution in [2.75, 3.05) is 13.2 Å². The maximum absolute atomic E-state index is 14.0. The van der Waals surface area contributed by atoms with Gasteiger partial charge < -0.3 is 14.2 Å². The van der Waals surface area contributed by atoms with Gasteiger partial charge in [0.15, 0.2) is 11.4 Å². The zero-order valence-electron chi connectivity index (χ0n) is 21.7. The lowest BCUT2D eigenvalue weighted by Crippen LogP contribution is -2.40. The van der Waals surface area contributed by atoms with Crippen molar-refractivity contribution in [2.45, 2.75) is 39.8 Å². The molecule has 1 aromatic heterocycles. The lowest BCUT2D eigenvalue weighted by molar-refractivity contribution is -0.139. The zero-order chi connectivity index (χ0) is 28.3. The van der Waals surface area contributed by atoms with Crippen LogP contribution in [0.25, 0.3) is 6.08 Å². The van der Waals surface area contributed by atoms with Crippen LogP contribution in [0.4, 0.5) is 0 Å². The summed E-state index contributed by atoms with van der Waals surface area (Å²) in [6.07, 6.45) is 1.57. The summed E-state index contributed by atoms with van der Waals surface area (Å²) in [5.74, 6) is 0.452. The van der Waals surface area contributed by atoms with E-state index in [0.29, 0.717) is 42.1 Å². The molecular weight excluding hydrogens is 650 g/mol. The molecule has 0 spiro atoms. The van der Waals surface area contributed by atoms with Crippen molar-refractivity contribution in [3.05, 3.63) is 87.4 Å². The quantitative estimate of drug-likeness (QED) is 0.311. The van der Waals surface area contributed by atoms with Gasteiger partial charge in [0.2, 0.25) is 0 Å². The minimum Gasteiger partial charge on any atom is -0.491 e. The molecule has 202 valence electrons. The molecule has 4 rings (SSSR count). The van der Waals surface area contributed by atoms with Crippen LogP contribution in [0.2, 0.25) is 0 Å². The Morgan fingerprint density at radius 3 is 2.72 bits per heavy atom. The number of hydrogen-bond acceptors (Lipinski definition) is 8. The SMILES string of the molecule is CCOC(=O)C1=C(C)N=c2s/c(=C\c3cc(Br)cc(Br)c3OCC#N)c(=O)n2[C@@H]1c1ccccc1OC(C)C. The average Bonchev–Trinajstić information content (AvgIpc) is 3.17. The number of halogens is 2. The molecule has 0 aliphatic carbocycles. The number of aromatic nitrogens is 1. The van der Waals surface area contributed by atoms with E-state index in [1.165, 1.54) is 15.9 Å². The molecule has 0 amide bonds. The second-order valence-electron chi connectivity index (χ2n) is 8.76. The Morgan fingerprint density at radius 2 is 2.03 bits per heavy atom. The summed E-state index contributed by atoms with van der Waals surface area (Å²) >= 11 is 8.15. The first-order valence-electron chi connectivity index (χ1n) is 12.1. The van der Waals surface area contributed by atoms with Crippen LogP contribution >= 0.6 is 43.2 Å². The molecule has 0 radical (unpaired) electrons. The first-order chi connectivity index (χ1) is 18.7. The van der Waals surface area contributed by atoms with E-state index in [1.54, 1.807) is 32.1 Å². The summed E-state index contributed by atoms with van der Waals surface area (Å²) in [4.78, 5) is 32.3. The van der Waals surface area contributed by atoms with Gasteiger partial charge in [0, 0.05) is 15.6 Å². The van der Waals surface area contributed by atoms with E-state index in [2.05, 4.69) is 36.9 Å². The molecule has 0 bridgehead atoms. The predicted octanol–water partition coefficient (Wildman–Crippen LogP) is 5.01. The largest absolute Gasteiger partial charge is 0.491 e. The predicted molar refractivity (Wildman–Crippen MR) is 156 cm³/mol. The van der Waals surface area contributed by atoms with E-state index in [0.717, 1.165) is 4.47 Å². The van der Waals surface area contributed by atoms with Crippen LogP contribution in [0.1, 0.15) is 44.9 Å². The van der Waals surface area contributed by atoms with Gasteiger partial charge in [-0.05, 0) is 67.9 Å². The number of nitriles is 1. The van der Waals surface area contributed by atoms with Crippen molar-refractivity contribution in [1.82, 2.24) is 4.57 Å². The van der Waals surface area contributed by atoms with Crippen molar-refractivity contribution >= 4 is 55.2 Å². The van der Waals surface area contributed by atoms with Gasteiger partial charge in [-0.1, -0.05) is 45.5 Å². The monoisotopic (exact) mass is 673 g/mol. The summed E-state index contributed by atoms with van der Waals surface area (Å²) in [7, 11) is 0. The van der Waals surface area contributed by atoms with E-state index in [9.17, 15) is 9.59 Å². The third-order valence-electron chi connectivity index (χ3n) is 5.70. The van der Waals surface area contributed by atoms with Crippen molar-refractivity contribution in [3.8, 4) is 17.6 Å². The second kappa shape index (κ2) is 12.3. The molecule has 8 nitrogen and oxygen atoms in total. The van der Waals surface area contributed by atoms with Crippen molar-refractivity contribution in [3.63, 3.8) is 0 Å². The highest BCUT2D eigenvalue weighted by molar-refractivity contribution is 9.11. The highest BCUT2D eigenvalue weighted by atomic mass is 79.9. The average molecular weight is 675 g/mol. The molecule has 1 aliphatic heterocycles. The fraction of sp³-hybridized carbons (Fsp3) is 0.286. The second-order valence-corrected chi connectivity index (χ2v) is 11.5. The Labute approximate surface area is 246 Å².